The van der Waals surface area contributed by atoms with Crippen LogP contribution in [0.3, 0.4) is 0 Å². The minimum absolute atomic E-state index is 0.149. The molecule has 0 bridgehead atoms. The zero-order valence-electron chi connectivity index (χ0n) is 23.5. The predicted molar refractivity (Wildman–Crippen MR) is 160 cm³/mol. The third-order valence-corrected chi connectivity index (χ3v) is 8.03. The number of rotatable bonds is 13. The van der Waals surface area contributed by atoms with Crippen molar-refractivity contribution in [3.63, 3.8) is 0 Å². The fourth-order valence-electron chi connectivity index (χ4n) is 4.39. The van der Waals surface area contributed by atoms with Gasteiger partial charge >= 0.3 is 5.97 Å². The zero-order valence-corrected chi connectivity index (χ0v) is 25.1. The number of esters is 1. The smallest absolute Gasteiger partial charge is 0.327 e. The molecule has 12 heteroatoms. The molecule has 0 saturated heterocycles. The lowest BCUT2D eigenvalue weighted by atomic mass is 10.1. The second kappa shape index (κ2) is 13.2. The fraction of sp³-hybridized carbons (Fsp3) is 0.414. The lowest BCUT2D eigenvalue weighted by Crippen LogP contribution is -2.29. The van der Waals surface area contributed by atoms with Crippen LogP contribution in [0.4, 0.5) is 8.78 Å². The molecule has 2 aromatic carbocycles. The number of aromatic nitrogens is 3. The summed E-state index contributed by atoms with van der Waals surface area (Å²) in [7, 11) is -0.764. The van der Waals surface area contributed by atoms with E-state index < -0.39 is 34.6 Å². The van der Waals surface area contributed by atoms with Crippen LogP contribution in [-0.4, -0.2) is 71.1 Å². The first-order valence-electron chi connectivity index (χ1n) is 13.1. The van der Waals surface area contributed by atoms with E-state index >= 15 is 0 Å². The summed E-state index contributed by atoms with van der Waals surface area (Å²) in [6, 6.07) is 12.3. The largest absolute Gasteiger partial charge is 0.486 e. The van der Waals surface area contributed by atoms with E-state index in [1.165, 1.54) is 0 Å². The first kappa shape index (κ1) is 30.8. The minimum Gasteiger partial charge on any atom is -0.486 e. The van der Waals surface area contributed by atoms with Crippen LogP contribution < -0.4 is 10.3 Å². The van der Waals surface area contributed by atoms with Gasteiger partial charge in [-0.2, -0.15) is 5.10 Å². The fourth-order valence-corrected chi connectivity index (χ4v) is 5.23. The molecule has 0 amide bonds. The van der Waals surface area contributed by atoms with E-state index in [1.807, 2.05) is 22.8 Å². The van der Waals surface area contributed by atoms with Gasteiger partial charge in [0.1, 0.15) is 25.6 Å². The van der Waals surface area contributed by atoms with Crippen molar-refractivity contribution in [2.75, 3.05) is 44.3 Å². The zero-order chi connectivity index (χ0) is 29.7. The summed E-state index contributed by atoms with van der Waals surface area (Å²) < 4.78 is 45.1. The van der Waals surface area contributed by atoms with Gasteiger partial charge in [0, 0.05) is 34.7 Å². The van der Waals surface area contributed by atoms with Crippen molar-refractivity contribution in [2.24, 2.45) is 0 Å². The Balaban J connectivity index is 1.78. The topological polar surface area (TPSA) is 84.6 Å². The number of fused-ring (bicyclic) bond motifs is 2. The first-order chi connectivity index (χ1) is 19.5. The van der Waals surface area contributed by atoms with Gasteiger partial charge < -0.3 is 18.8 Å². The molecule has 222 valence electrons. The molecule has 0 N–H and O–H groups in total. The van der Waals surface area contributed by atoms with Gasteiger partial charge in [-0.1, -0.05) is 29.8 Å². The molecule has 41 heavy (non-hydrogen) atoms. The van der Waals surface area contributed by atoms with Crippen LogP contribution in [0.1, 0.15) is 18.3 Å². The van der Waals surface area contributed by atoms with Gasteiger partial charge in [0.05, 0.1) is 34.8 Å². The number of benzene rings is 2. The van der Waals surface area contributed by atoms with Crippen molar-refractivity contribution in [3.05, 3.63) is 69.2 Å². The molecule has 4 aromatic rings. The Bertz CT molecular complexity index is 1600. The Labute approximate surface area is 243 Å². The highest BCUT2D eigenvalue weighted by Crippen LogP contribution is 2.35. The molecule has 0 aliphatic rings. The Morgan fingerprint density at radius 1 is 1.12 bits per heavy atom. The monoisotopic (exact) mass is 609 g/mol. The molecule has 4 rings (SSSR count). The van der Waals surface area contributed by atoms with Gasteiger partial charge in [-0.3, -0.25) is 9.59 Å². The van der Waals surface area contributed by atoms with E-state index in [-0.39, 0.29) is 37.1 Å². The van der Waals surface area contributed by atoms with Crippen molar-refractivity contribution in [3.8, 4) is 5.75 Å². The number of hydrogen-bond donors (Lipinski definition) is 0. The second-order valence-electron chi connectivity index (χ2n) is 10.4. The lowest BCUT2D eigenvalue weighted by molar-refractivity contribution is -0.144. The number of alkyl halides is 2. The molecular formula is C29H34ClF2N3O5S. The van der Waals surface area contributed by atoms with Gasteiger partial charge in [-0.05, 0) is 43.9 Å². The highest BCUT2D eigenvalue weighted by molar-refractivity contribution is 8.32. The first-order valence-corrected chi connectivity index (χ1v) is 16.5. The number of nitrogens with zero attached hydrogens (tertiary/aromatic N) is 3. The van der Waals surface area contributed by atoms with Crippen LogP contribution in [0.15, 0.2) is 47.3 Å². The average Bonchev–Trinajstić information content (AvgIpc) is 3.22. The summed E-state index contributed by atoms with van der Waals surface area (Å²) in [5, 5.41) is 6.63. The lowest BCUT2D eigenvalue weighted by Gasteiger charge is -2.24. The molecule has 8 nitrogen and oxygen atoms in total. The number of ether oxygens (including phenoxy) is 3. The number of carbonyl (C=O) groups excluding carboxylic acids is 1. The van der Waals surface area contributed by atoms with Gasteiger partial charge in [-0.25, -0.2) is 23.5 Å². The predicted octanol–water partition coefficient (Wildman–Crippen LogP) is 5.47. The Kier molecular flexibility index (Phi) is 9.93. The standard InChI is InChI=1S/C29H34ClF2N3O5S/c1-5-39-28(36)16-35-29(37)22-9-7-6-8-21(22)24(33-35)14-20-12-19-13-23(30)26(40-17-27(31)32)15-25(19)34(20)18-38-10-11-41(2,3)4/h6-9,12-13,15,27H,5,10-11,14,16-18H2,1-4H3. The van der Waals surface area contributed by atoms with Gasteiger partial charge in [0.15, 0.2) is 0 Å². The molecule has 0 aliphatic carbocycles. The van der Waals surface area contributed by atoms with Crippen molar-refractivity contribution in [1.82, 2.24) is 14.3 Å². The molecule has 0 saturated carbocycles. The van der Waals surface area contributed by atoms with Crippen LogP contribution in [0.5, 0.6) is 5.75 Å². The molecule has 0 radical (unpaired) electrons. The van der Waals surface area contributed by atoms with Crippen molar-refractivity contribution >= 4 is 49.3 Å². The summed E-state index contributed by atoms with van der Waals surface area (Å²) in [5.74, 6) is 0.509. The molecule has 0 unspecified atom stereocenters. The maximum Gasteiger partial charge on any atom is 0.327 e. The molecule has 0 fully saturated rings. The highest BCUT2D eigenvalue weighted by Gasteiger charge is 2.19. The molecular weight excluding hydrogens is 576 g/mol. The third-order valence-electron chi connectivity index (χ3n) is 6.34. The summed E-state index contributed by atoms with van der Waals surface area (Å²) in [5.41, 5.74) is 1.68. The third kappa shape index (κ3) is 7.78. The Morgan fingerprint density at radius 2 is 1.85 bits per heavy atom. The number of halogens is 3. The number of hydrogen-bond acceptors (Lipinski definition) is 6. The maximum absolute atomic E-state index is 13.1. The van der Waals surface area contributed by atoms with Gasteiger partial charge in [0.2, 0.25) is 0 Å². The van der Waals surface area contributed by atoms with E-state index in [0.717, 1.165) is 21.5 Å². The van der Waals surface area contributed by atoms with Gasteiger partial charge in [0.25, 0.3) is 12.0 Å². The van der Waals surface area contributed by atoms with Gasteiger partial charge in [-0.15, -0.1) is 0 Å². The Hall–Kier alpha value is -3.15. The Morgan fingerprint density at radius 3 is 2.54 bits per heavy atom. The van der Waals surface area contributed by atoms with Crippen molar-refractivity contribution in [1.29, 1.82) is 0 Å². The summed E-state index contributed by atoms with van der Waals surface area (Å²) in [6.07, 6.45) is 4.28. The summed E-state index contributed by atoms with van der Waals surface area (Å²) in [4.78, 5) is 25.3. The van der Waals surface area contributed by atoms with Crippen LogP contribution in [0.2, 0.25) is 5.02 Å². The van der Waals surface area contributed by atoms with Crippen LogP contribution in [-0.2, 0) is 34.0 Å². The van der Waals surface area contributed by atoms with Crippen molar-refractivity contribution < 1.29 is 27.8 Å². The molecule has 0 aliphatic heterocycles. The van der Waals surface area contributed by atoms with Crippen molar-refractivity contribution in [2.45, 2.75) is 33.0 Å². The molecule has 2 aromatic heterocycles. The van der Waals surface area contributed by atoms with Crippen LogP contribution in [0.25, 0.3) is 21.7 Å². The minimum atomic E-state index is -2.64. The summed E-state index contributed by atoms with van der Waals surface area (Å²) in [6.45, 7) is 1.54. The molecule has 0 atom stereocenters. The quantitative estimate of drug-likeness (QED) is 0.148. The SMILES string of the molecule is CCOC(=O)Cn1nc(Cc2cc3cc(Cl)c(OCC(F)F)cc3n2COCCS(C)(C)C)c2ccccc2c1=O. The van der Waals surface area contributed by atoms with Crippen LogP contribution in [0, 0.1) is 0 Å². The van der Waals surface area contributed by atoms with E-state index in [1.54, 1.807) is 31.2 Å². The van der Waals surface area contributed by atoms with E-state index in [2.05, 4.69) is 23.9 Å². The molecule has 2 heterocycles. The molecule has 0 spiro atoms. The number of carbonyl (C=O) groups is 1. The van der Waals surface area contributed by atoms with E-state index in [4.69, 9.17) is 25.8 Å². The summed E-state index contributed by atoms with van der Waals surface area (Å²) >= 11 is 6.37. The average molecular weight is 610 g/mol. The normalized spacial score (nSPS) is 12.4. The maximum atomic E-state index is 13.1. The van der Waals surface area contributed by atoms with Crippen LogP contribution >= 0.6 is 21.6 Å². The van der Waals surface area contributed by atoms with E-state index in [9.17, 15) is 18.4 Å². The van der Waals surface area contributed by atoms with E-state index in [0.29, 0.717) is 28.6 Å². The second-order valence-corrected chi connectivity index (χ2v) is 15.4. The highest BCUT2D eigenvalue weighted by atomic mass is 35.5.